The molecule has 0 aliphatic heterocycles. The monoisotopic (exact) mass is 607 g/mol. The molecule has 0 aliphatic carbocycles. The molecule has 3 rings (SSSR count). The lowest BCUT2D eigenvalue weighted by Gasteiger charge is -2.07. The summed E-state index contributed by atoms with van der Waals surface area (Å²) in [6, 6.07) is 22.3. The van der Waals surface area contributed by atoms with Gasteiger partial charge < -0.3 is 19.6 Å². The van der Waals surface area contributed by atoms with Crippen LogP contribution in [0.4, 0.5) is 0 Å². The van der Waals surface area contributed by atoms with Crippen LogP contribution in [0.5, 0.6) is 11.5 Å². The third-order valence-electron chi connectivity index (χ3n) is 7.08. The highest BCUT2D eigenvalue weighted by atomic mass is 16.5. The second-order valence-electron chi connectivity index (χ2n) is 10.7. The number of unbranched alkanes of at least 4 members (excludes halogenated alkanes) is 4. The molecule has 45 heavy (non-hydrogen) atoms. The van der Waals surface area contributed by atoms with Crippen LogP contribution in [0.25, 0.3) is 6.08 Å². The summed E-state index contributed by atoms with van der Waals surface area (Å²) in [4.78, 5) is 10.8. The Bertz CT molecular complexity index is 1410. The van der Waals surface area contributed by atoms with Gasteiger partial charge in [-0.25, -0.2) is 4.79 Å². The second kappa shape index (κ2) is 22.0. The molecule has 0 amide bonds. The molecule has 0 aromatic heterocycles. The SMILES string of the molecule is C=CC(=O)OCCCCCCOc1ccc(/C=C(\C)CC)cc1.CCCCc1ccc(C#Cc2ccc(OC)c(C=N)c2)cc1. The van der Waals surface area contributed by atoms with E-state index < -0.39 is 0 Å². The summed E-state index contributed by atoms with van der Waals surface area (Å²) in [5.41, 5.74) is 6.58. The fourth-order valence-corrected chi connectivity index (χ4v) is 4.23. The Balaban J connectivity index is 0.000000314. The van der Waals surface area contributed by atoms with E-state index in [0.29, 0.717) is 12.4 Å². The predicted molar refractivity (Wildman–Crippen MR) is 187 cm³/mol. The largest absolute Gasteiger partial charge is 0.496 e. The van der Waals surface area contributed by atoms with Gasteiger partial charge in [-0.3, -0.25) is 0 Å². The fourth-order valence-electron chi connectivity index (χ4n) is 4.23. The molecular weight excluding hydrogens is 558 g/mol. The molecule has 0 atom stereocenters. The summed E-state index contributed by atoms with van der Waals surface area (Å²) in [6.07, 6.45) is 13.3. The third kappa shape index (κ3) is 15.1. The topological polar surface area (TPSA) is 68.6 Å². The first-order valence-electron chi connectivity index (χ1n) is 15.9. The van der Waals surface area contributed by atoms with Crippen LogP contribution in [0.2, 0.25) is 0 Å². The van der Waals surface area contributed by atoms with Crippen molar-refractivity contribution in [2.45, 2.75) is 72.1 Å². The Hall–Kier alpha value is -4.56. The van der Waals surface area contributed by atoms with Gasteiger partial charge in [-0.1, -0.05) is 74.6 Å². The minimum atomic E-state index is -0.347. The van der Waals surface area contributed by atoms with Crippen molar-refractivity contribution in [3.8, 4) is 23.3 Å². The van der Waals surface area contributed by atoms with Crippen molar-refractivity contribution in [3.63, 3.8) is 0 Å². The molecule has 0 unspecified atom stereocenters. The molecule has 0 saturated carbocycles. The van der Waals surface area contributed by atoms with Crippen molar-refractivity contribution in [1.29, 1.82) is 5.41 Å². The Morgan fingerprint density at radius 1 is 0.867 bits per heavy atom. The molecule has 0 aliphatic rings. The molecule has 0 heterocycles. The molecule has 238 valence electrons. The smallest absolute Gasteiger partial charge is 0.330 e. The third-order valence-corrected chi connectivity index (χ3v) is 7.08. The molecular formula is C40H49NO4. The van der Waals surface area contributed by atoms with Crippen LogP contribution in [-0.2, 0) is 16.0 Å². The van der Waals surface area contributed by atoms with Gasteiger partial charge in [-0.2, -0.15) is 0 Å². The number of allylic oxidation sites excluding steroid dienone is 1. The summed E-state index contributed by atoms with van der Waals surface area (Å²) in [5.74, 6) is 7.57. The van der Waals surface area contributed by atoms with Gasteiger partial charge in [0.1, 0.15) is 11.5 Å². The van der Waals surface area contributed by atoms with Crippen molar-refractivity contribution < 1.29 is 19.0 Å². The lowest BCUT2D eigenvalue weighted by molar-refractivity contribution is -0.137. The molecule has 0 saturated heterocycles. The first-order valence-corrected chi connectivity index (χ1v) is 15.9. The van der Waals surface area contributed by atoms with E-state index in [1.165, 1.54) is 41.8 Å². The van der Waals surface area contributed by atoms with E-state index in [2.05, 4.69) is 81.7 Å². The van der Waals surface area contributed by atoms with Crippen molar-refractivity contribution in [3.05, 3.63) is 113 Å². The normalized spacial score (nSPS) is 10.4. The van der Waals surface area contributed by atoms with Gasteiger partial charge in [0.2, 0.25) is 0 Å². The highest BCUT2D eigenvalue weighted by Crippen LogP contribution is 2.18. The minimum Gasteiger partial charge on any atom is -0.496 e. The van der Waals surface area contributed by atoms with Crippen LogP contribution < -0.4 is 9.47 Å². The van der Waals surface area contributed by atoms with E-state index in [0.717, 1.165) is 67.6 Å². The molecule has 5 nitrogen and oxygen atoms in total. The van der Waals surface area contributed by atoms with Gasteiger partial charge in [-0.05, 0) is 105 Å². The van der Waals surface area contributed by atoms with Gasteiger partial charge in [-0.15, -0.1) is 0 Å². The average molecular weight is 608 g/mol. The maximum Gasteiger partial charge on any atom is 0.330 e. The average Bonchev–Trinajstić information content (AvgIpc) is 3.08. The van der Waals surface area contributed by atoms with Crippen LogP contribution in [-0.4, -0.2) is 32.5 Å². The number of ether oxygens (including phenoxy) is 3. The van der Waals surface area contributed by atoms with Crippen molar-refractivity contribution >= 4 is 18.3 Å². The van der Waals surface area contributed by atoms with E-state index in [-0.39, 0.29) is 5.97 Å². The predicted octanol–water partition coefficient (Wildman–Crippen LogP) is 9.60. The first-order chi connectivity index (χ1) is 21.9. The van der Waals surface area contributed by atoms with Gasteiger partial charge >= 0.3 is 5.97 Å². The van der Waals surface area contributed by atoms with Gasteiger partial charge in [0, 0.05) is 29.0 Å². The number of nitrogens with one attached hydrogen (secondary N) is 1. The van der Waals surface area contributed by atoms with E-state index in [9.17, 15) is 4.79 Å². The molecule has 0 fully saturated rings. The van der Waals surface area contributed by atoms with Crippen LogP contribution in [0.3, 0.4) is 0 Å². The Kier molecular flexibility index (Phi) is 17.9. The highest BCUT2D eigenvalue weighted by Gasteiger charge is 2.01. The standard InChI is InChI=1S/C20H21NO.C20H28O3/c1-3-4-5-16-6-8-17(9-7-16)10-11-18-12-13-20(22-2)19(14-18)15-21;1-4-17(3)16-18-10-12-19(13-11-18)22-14-8-6-7-9-15-23-20(21)5-2/h6-9,12-15,21H,3-5H2,1-2H3;5,10-13,16H,2,4,6-9,14-15H2,1,3H3/b;17-16+. The zero-order chi connectivity index (χ0) is 32.7. The van der Waals surface area contributed by atoms with Gasteiger partial charge in [0.15, 0.2) is 0 Å². The molecule has 5 heteroatoms. The quantitative estimate of drug-likeness (QED) is 0.0579. The molecule has 0 spiro atoms. The van der Waals surface area contributed by atoms with Crippen molar-refractivity contribution in [2.24, 2.45) is 0 Å². The number of rotatable bonds is 16. The number of aryl methyl sites for hydroxylation is 1. The van der Waals surface area contributed by atoms with E-state index >= 15 is 0 Å². The summed E-state index contributed by atoms with van der Waals surface area (Å²) >= 11 is 0. The first kappa shape index (κ1) is 36.6. The summed E-state index contributed by atoms with van der Waals surface area (Å²) in [7, 11) is 1.60. The number of methoxy groups -OCH3 is 1. The number of hydrogen-bond acceptors (Lipinski definition) is 5. The molecule has 3 aromatic rings. The highest BCUT2D eigenvalue weighted by molar-refractivity contribution is 5.82. The maximum atomic E-state index is 10.8. The van der Waals surface area contributed by atoms with Crippen molar-refractivity contribution in [1.82, 2.24) is 0 Å². The summed E-state index contributed by atoms with van der Waals surface area (Å²) < 4.78 is 15.9. The van der Waals surface area contributed by atoms with Crippen LogP contribution in [0, 0.1) is 17.3 Å². The van der Waals surface area contributed by atoms with Crippen LogP contribution in [0.15, 0.2) is 85.0 Å². The van der Waals surface area contributed by atoms with Gasteiger partial charge in [0.05, 0.1) is 20.3 Å². The minimum absolute atomic E-state index is 0.347. The lowest BCUT2D eigenvalue weighted by Crippen LogP contribution is -2.02. The van der Waals surface area contributed by atoms with E-state index in [4.69, 9.17) is 19.6 Å². The molecule has 3 aromatic carbocycles. The Labute approximate surface area is 270 Å². The van der Waals surface area contributed by atoms with Gasteiger partial charge in [0.25, 0.3) is 0 Å². The van der Waals surface area contributed by atoms with Crippen LogP contribution in [0.1, 0.15) is 93.5 Å². The zero-order valence-electron chi connectivity index (χ0n) is 27.5. The number of carbonyl (C=O) groups is 1. The molecule has 0 radical (unpaired) electrons. The second-order valence-corrected chi connectivity index (χ2v) is 10.7. The van der Waals surface area contributed by atoms with E-state index in [1.54, 1.807) is 7.11 Å². The van der Waals surface area contributed by atoms with Crippen LogP contribution >= 0.6 is 0 Å². The summed E-state index contributed by atoms with van der Waals surface area (Å²) in [6.45, 7) is 11.1. The number of esters is 1. The Morgan fingerprint density at radius 2 is 1.53 bits per heavy atom. The summed E-state index contributed by atoms with van der Waals surface area (Å²) in [5, 5.41) is 7.41. The lowest BCUT2D eigenvalue weighted by atomic mass is 10.1. The fraction of sp³-hybridized carbons (Fsp3) is 0.350. The zero-order valence-corrected chi connectivity index (χ0v) is 27.5. The number of hydrogen-bond donors (Lipinski definition) is 1. The van der Waals surface area contributed by atoms with Crippen molar-refractivity contribution in [2.75, 3.05) is 20.3 Å². The maximum absolute atomic E-state index is 10.8. The molecule has 0 bridgehead atoms. The number of carbonyl (C=O) groups excluding carboxylic acids is 1. The molecule has 1 N–H and O–H groups in total. The van der Waals surface area contributed by atoms with E-state index in [1.807, 2.05) is 30.3 Å². The Morgan fingerprint density at radius 3 is 2.16 bits per heavy atom. The number of benzene rings is 3.